The van der Waals surface area contributed by atoms with E-state index in [2.05, 4.69) is 10.6 Å². The van der Waals surface area contributed by atoms with Gasteiger partial charge < -0.3 is 16.4 Å². The molecule has 0 fully saturated rings. The maximum absolute atomic E-state index is 12.7. The van der Waals surface area contributed by atoms with Crippen LogP contribution in [0.2, 0.25) is 0 Å². The molecule has 0 saturated carbocycles. The van der Waals surface area contributed by atoms with Crippen LogP contribution in [0, 0.1) is 5.82 Å². The fourth-order valence-electron chi connectivity index (χ4n) is 1.45. The highest BCUT2D eigenvalue weighted by atomic mass is 35.5. The van der Waals surface area contributed by atoms with Gasteiger partial charge in [0.25, 0.3) is 5.91 Å². The van der Waals surface area contributed by atoms with Gasteiger partial charge in [0, 0.05) is 31.6 Å². The predicted octanol–water partition coefficient (Wildman–Crippen LogP) is 0.832. The summed E-state index contributed by atoms with van der Waals surface area (Å²) in [6, 6.07) is 5.29. The minimum absolute atomic E-state index is 0. The van der Waals surface area contributed by atoms with Gasteiger partial charge in [0.2, 0.25) is 5.91 Å². The highest BCUT2D eigenvalue weighted by Crippen LogP contribution is 2.02. The van der Waals surface area contributed by atoms with Crippen LogP contribution in [-0.4, -0.2) is 31.4 Å². The minimum Gasteiger partial charge on any atom is -0.355 e. The molecule has 1 aromatic rings. The molecule has 112 valence electrons. The summed E-state index contributed by atoms with van der Waals surface area (Å²) in [5, 5.41) is 5.30. The van der Waals surface area contributed by atoms with Crippen molar-refractivity contribution in [2.45, 2.75) is 12.8 Å². The highest BCUT2D eigenvalue weighted by Gasteiger charge is 2.05. The average Bonchev–Trinajstić information content (AvgIpc) is 2.41. The molecule has 0 aliphatic heterocycles. The standard InChI is InChI=1S/C13H18FN3O2.ClH/c14-11-5-3-10(4-6-11)13(19)17-8-1-2-12(18)16-9-7-15;/h3-6H,1-2,7-9,15H2,(H,16,18)(H,17,19);1H. The molecule has 0 spiro atoms. The molecule has 1 aromatic carbocycles. The van der Waals surface area contributed by atoms with Crippen LogP contribution in [0.25, 0.3) is 0 Å². The quantitative estimate of drug-likeness (QED) is 0.652. The SMILES string of the molecule is Cl.NCCNC(=O)CCCNC(=O)c1ccc(F)cc1. The average molecular weight is 304 g/mol. The first-order chi connectivity index (χ1) is 9.13. The number of amides is 2. The van der Waals surface area contributed by atoms with E-state index in [1.54, 1.807) is 0 Å². The molecule has 0 aliphatic rings. The normalized spacial score (nSPS) is 9.50. The summed E-state index contributed by atoms with van der Waals surface area (Å²) in [5.41, 5.74) is 5.65. The maximum Gasteiger partial charge on any atom is 0.251 e. The van der Waals surface area contributed by atoms with Crippen molar-refractivity contribution in [2.75, 3.05) is 19.6 Å². The van der Waals surface area contributed by atoms with Gasteiger partial charge in [-0.25, -0.2) is 4.39 Å². The van der Waals surface area contributed by atoms with Crippen molar-refractivity contribution in [3.8, 4) is 0 Å². The third-order valence-electron chi connectivity index (χ3n) is 2.44. The molecule has 0 unspecified atom stereocenters. The van der Waals surface area contributed by atoms with Crippen LogP contribution < -0.4 is 16.4 Å². The molecule has 2 amide bonds. The zero-order chi connectivity index (χ0) is 14.1. The van der Waals surface area contributed by atoms with Crippen LogP contribution in [0.4, 0.5) is 4.39 Å². The molecular formula is C13H19ClFN3O2. The van der Waals surface area contributed by atoms with Crippen LogP contribution in [-0.2, 0) is 4.79 Å². The summed E-state index contributed by atoms with van der Waals surface area (Å²) in [5.74, 6) is -0.739. The Morgan fingerprint density at radius 1 is 1.10 bits per heavy atom. The van der Waals surface area contributed by atoms with Crippen molar-refractivity contribution in [1.82, 2.24) is 10.6 Å². The van der Waals surface area contributed by atoms with Gasteiger partial charge in [-0.2, -0.15) is 0 Å². The Kier molecular flexibility index (Phi) is 9.32. The number of hydrogen-bond acceptors (Lipinski definition) is 3. The van der Waals surface area contributed by atoms with Gasteiger partial charge in [-0.05, 0) is 30.7 Å². The molecule has 7 heteroatoms. The van der Waals surface area contributed by atoms with Crippen LogP contribution in [0.15, 0.2) is 24.3 Å². The fourth-order valence-corrected chi connectivity index (χ4v) is 1.45. The second-order valence-corrected chi connectivity index (χ2v) is 4.00. The van der Waals surface area contributed by atoms with E-state index in [0.717, 1.165) is 0 Å². The summed E-state index contributed by atoms with van der Waals surface area (Å²) in [4.78, 5) is 22.9. The molecule has 0 saturated heterocycles. The third-order valence-corrected chi connectivity index (χ3v) is 2.44. The first-order valence-electron chi connectivity index (χ1n) is 6.14. The Labute approximate surface area is 123 Å². The van der Waals surface area contributed by atoms with Crippen molar-refractivity contribution in [1.29, 1.82) is 0 Å². The van der Waals surface area contributed by atoms with E-state index in [0.29, 0.717) is 38.0 Å². The Hall–Kier alpha value is -1.66. The van der Waals surface area contributed by atoms with Gasteiger partial charge in [-0.3, -0.25) is 9.59 Å². The van der Waals surface area contributed by atoms with Gasteiger partial charge in [-0.15, -0.1) is 12.4 Å². The topological polar surface area (TPSA) is 84.2 Å². The van der Waals surface area contributed by atoms with Crippen molar-refractivity contribution >= 4 is 24.2 Å². The third kappa shape index (κ3) is 7.06. The Morgan fingerprint density at radius 3 is 2.35 bits per heavy atom. The molecule has 5 nitrogen and oxygen atoms in total. The van der Waals surface area contributed by atoms with E-state index >= 15 is 0 Å². The van der Waals surface area contributed by atoms with E-state index in [1.165, 1.54) is 24.3 Å². The summed E-state index contributed by atoms with van der Waals surface area (Å²) >= 11 is 0. The molecule has 1 rings (SSSR count). The van der Waals surface area contributed by atoms with Gasteiger partial charge in [0.05, 0.1) is 0 Å². The summed E-state index contributed by atoms with van der Waals surface area (Å²) in [7, 11) is 0. The molecule has 4 N–H and O–H groups in total. The van der Waals surface area contributed by atoms with Gasteiger partial charge >= 0.3 is 0 Å². The van der Waals surface area contributed by atoms with E-state index in [4.69, 9.17) is 5.73 Å². The van der Waals surface area contributed by atoms with Crippen LogP contribution in [0.3, 0.4) is 0 Å². The first kappa shape index (κ1) is 18.3. The summed E-state index contributed by atoms with van der Waals surface area (Å²) in [6.45, 7) is 1.26. The largest absolute Gasteiger partial charge is 0.355 e. The smallest absolute Gasteiger partial charge is 0.251 e. The van der Waals surface area contributed by atoms with E-state index in [1.807, 2.05) is 0 Å². The highest BCUT2D eigenvalue weighted by molar-refractivity contribution is 5.94. The van der Waals surface area contributed by atoms with E-state index < -0.39 is 0 Å². The number of nitrogens with two attached hydrogens (primary N) is 1. The van der Waals surface area contributed by atoms with Crippen molar-refractivity contribution < 1.29 is 14.0 Å². The van der Waals surface area contributed by atoms with Gasteiger partial charge in [-0.1, -0.05) is 0 Å². The van der Waals surface area contributed by atoms with Crippen molar-refractivity contribution in [3.05, 3.63) is 35.6 Å². The lowest BCUT2D eigenvalue weighted by Gasteiger charge is -2.06. The minimum atomic E-state index is -0.381. The molecule has 0 aromatic heterocycles. The fraction of sp³-hybridized carbons (Fsp3) is 0.385. The molecule has 0 heterocycles. The lowest BCUT2D eigenvalue weighted by atomic mass is 10.2. The predicted molar refractivity (Wildman–Crippen MR) is 77.3 cm³/mol. The van der Waals surface area contributed by atoms with Crippen molar-refractivity contribution in [3.63, 3.8) is 0 Å². The van der Waals surface area contributed by atoms with E-state index in [-0.39, 0.29) is 30.0 Å². The summed E-state index contributed by atoms with van der Waals surface area (Å²) in [6.07, 6.45) is 0.882. The number of benzene rings is 1. The summed E-state index contributed by atoms with van der Waals surface area (Å²) < 4.78 is 12.7. The maximum atomic E-state index is 12.7. The first-order valence-corrected chi connectivity index (χ1v) is 6.14. The molecular weight excluding hydrogens is 285 g/mol. The Bertz CT molecular complexity index is 426. The van der Waals surface area contributed by atoms with Crippen LogP contribution in [0.5, 0.6) is 0 Å². The molecule has 0 aliphatic carbocycles. The Balaban J connectivity index is 0.00000361. The number of nitrogens with one attached hydrogen (secondary N) is 2. The lowest BCUT2D eigenvalue weighted by Crippen LogP contribution is -2.30. The van der Waals surface area contributed by atoms with Crippen LogP contribution >= 0.6 is 12.4 Å². The van der Waals surface area contributed by atoms with Gasteiger partial charge in [0.1, 0.15) is 5.82 Å². The number of carbonyl (C=O) groups excluding carboxylic acids is 2. The molecule has 20 heavy (non-hydrogen) atoms. The molecule has 0 atom stereocenters. The number of hydrogen-bond donors (Lipinski definition) is 3. The Morgan fingerprint density at radius 2 is 1.75 bits per heavy atom. The van der Waals surface area contributed by atoms with Crippen molar-refractivity contribution in [2.24, 2.45) is 5.73 Å². The van der Waals surface area contributed by atoms with Gasteiger partial charge in [0.15, 0.2) is 0 Å². The number of rotatable bonds is 7. The number of halogens is 2. The van der Waals surface area contributed by atoms with E-state index in [9.17, 15) is 14.0 Å². The van der Waals surface area contributed by atoms with Crippen LogP contribution in [0.1, 0.15) is 23.2 Å². The number of carbonyl (C=O) groups is 2. The zero-order valence-corrected chi connectivity index (χ0v) is 11.8. The second-order valence-electron chi connectivity index (χ2n) is 4.00. The monoisotopic (exact) mass is 303 g/mol. The lowest BCUT2D eigenvalue weighted by molar-refractivity contribution is -0.121. The second kappa shape index (κ2) is 10.2. The molecule has 0 bridgehead atoms. The molecule has 0 radical (unpaired) electrons. The zero-order valence-electron chi connectivity index (χ0n) is 11.0.